The lowest BCUT2D eigenvalue weighted by Crippen LogP contribution is -2.48. The summed E-state index contributed by atoms with van der Waals surface area (Å²) in [5.74, 6) is 0. The Morgan fingerprint density at radius 3 is 1.92 bits per heavy atom. The molecule has 0 heterocycles. The lowest BCUT2D eigenvalue weighted by Gasteiger charge is -2.23. The van der Waals surface area contributed by atoms with Crippen LogP contribution in [0.25, 0.3) is 0 Å². The van der Waals surface area contributed by atoms with E-state index in [4.69, 9.17) is 0 Å². The van der Waals surface area contributed by atoms with Crippen molar-refractivity contribution in [1.29, 1.82) is 0 Å². The molecule has 0 aromatic rings. The van der Waals surface area contributed by atoms with Crippen molar-refractivity contribution in [2.75, 3.05) is 27.7 Å². The van der Waals surface area contributed by atoms with E-state index in [1.54, 1.807) is 0 Å². The minimum Gasteiger partial charge on any atom is -0.412 e. The number of unbranched alkanes of at least 4 members (excludes halogenated alkanes) is 4. The highest BCUT2D eigenvalue weighted by Gasteiger charge is 2.03. The van der Waals surface area contributed by atoms with E-state index in [9.17, 15) is 0 Å². The largest absolute Gasteiger partial charge is 0.412 e. The van der Waals surface area contributed by atoms with Gasteiger partial charge in [-0.25, -0.2) is 0 Å². The van der Waals surface area contributed by atoms with Gasteiger partial charge in [0, 0.05) is 6.54 Å². The lowest BCUT2D eigenvalue weighted by molar-refractivity contribution is -0.915. The number of nitrogens with one attached hydrogen (secondary N) is 1. The number of nitrogens with zero attached hydrogens (tertiary/aromatic N) is 1. The first-order chi connectivity index (χ1) is 5.56. The highest BCUT2D eigenvalue weighted by atomic mass is 16.0. The van der Waals surface area contributed by atoms with Crippen LogP contribution in [0.15, 0.2) is 0 Å². The maximum Gasteiger partial charge on any atom is 0.0853 e. The Hall–Kier alpha value is -0.120. The Morgan fingerprint density at radius 2 is 1.46 bits per heavy atom. The average Bonchev–Trinajstić information content (AvgIpc) is 1.94. The molecule has 13 heavy (non-hydrogen) atoms. The second-order valence-corrected chi connectivity index (χ2v) is 4.33. The van der Waals surface area contributed by atoms with E-state index >= 15 is 0 Å². The van der Waals surface area contributed by atoms with Crippen molar-refractivity contribution in [1.82, 2.24) is 5.43 Å². The lowest BCUT2D eigenvalue weighted by atomic mass is 10.2. The summed E-state index contributed by atoms with van der Waals surface area (Å²) < 4.78 is 0.869. The van der Waals surface area contributed by atoms with Crippen LogP contribution in [0.3, 0.4) is 0 Å². The second kappa shape index (κ2) is 8.48. The summed E-state index contributed by atoms with van der Waals surface area (Å²) in [6.07, 6.45) is 6.82. The molecule has 3 nitrogen and oxygen atoms in total. The fraction of sp³-hybridized carbons (Fsp3) is 1.00. The van der Waals surface area contributed by atoms with E-state index in [0.717, 1.165) is 11.1 Å². The van der Waals surface area contributed by atoms with Crippen molar-refractivity contribution in [3.8, 4) is 0 Å². The zero-order valence-electron chi connectivity index (χ0n) is 9.69. The maximum absolute atomic E-state index is 3.44. The molecule has 3 N–H and O–H groups in total. The smallest absolute Gasteiger partial charge is 0.0853 e. The van der Waals surface area contributed by atoms with Crippen LogP contribution in [-0.2, 0) is 0 Å². The minimum absolute atomic E-state index is 0. The molecule has 0 saturated heterocycles. The van der Waals surface area contributed by atoms with Crippen LogP contribution in [0.2, 0.25) is 0 Å². The van der Waals surface area contributed by atoms with E-state index < -0.39 is 0 Å². The van der Waals surface area contributed by atoms with E-state index in [0.29, 0.717) is 0 Å². The van der Waals surface area contributed by atoms with Crippen LogP contribution in [0.1, 0.15) is 39.0 Å². The molecule has 0 aliphatic rings. The van der Waals surface area contributed by atoms with Crippen molar-refractivity contribution < 1.29 is 10.1 Å². The highest BCUT2D eigenvalue weighted by molar-refractivity contribution is 4.42. The standard InChI is InChI=1S/C10H25N2.H2O/c1-5-6-7-8-9-10-11-12(2,3)4;/h11H,5-10H2,1-4H3;1H2/q+1;. The number of rotatable bonds is 7. The molecule has 0 aliphatic heterocycles. The van der Waals surface area contributed by atoms with Crippen LogP contribution in [0, 0.1) is 0 Å². The van der Waals surface area contributed by atoms with Crippen LogP contribution in [0.5, 0.6) is 0 Å². The summed E-state index contributed by atoms with van der Waals surface area (Å²) in [6, 6.07) is 0. The molecular weight excluding hydrogens is 164 g/mol. The third-order valence-corrected chi connectivity index (χ3v) is 1.87. The van der Waals surface area contributed by atoms with Gasteiger partial charge in [0.25, 0.3) is 0 Å². The molecule has 0 rings (SSSR count). The van der Waals surface area contributed by atoms with E-state index in [2.05, 4.69) is 33.5 Å². The van der Waals surface area contributed by atoms with Gasteiger partial charge < -0.3 is 5.48 Å². The first kappa shape index (κ1) is 15.4. The van der Waals surface area contributed by atoms with Gasteiger partial charge in [-0.1, -0.05) is 32.6 Å². The third kappa shape index (κ3) is 14.7. The van der Waals surface area contributed by atoms with Crippen LogP contribution >= 0.6 is 0 Å². The van der Waals surface area contributed by atoms with Gasteiger partial charge in [-0.05, 0) is 6.42 Å². The molecular formula is C10H27N2O+. The number of hydrogen-bond donors (Lipinski definition) is 1. The summed E-state index contributed by atoms with van der Waals surface area (Å²) in [5, 5.41) is 0. The molecule has 0 aromatic carbocycles. The topological polar surface area (TPSA) is 43.5 Å². The molecule has 0 amide bonds. The van der Waals surface area contributed by atoms with Gasteiger partial charge in [0.2, 0.25) is 0 Å². The van der Waals surface area contributed by atoms with E-state index in [-0.39, 0.29) is 5.48 Å². The first-order valence-electron chi connectivity index (χ1n) is 5.13. The average molecular weight is 191 g/mol. The van der Waals surface area contributed by atoms with Crippen molar-refractivity contribution in [2.24, 2.45) is 0 Å². The Labute approximate surface area is 83.0 Å². The third-order valence-electron chi connectivity index (χ3n) is 1.87. The number of hydrogen-bond acceptors (Lipinski definition) is 1. The Balaban J connectivity index is 0. The Morgan fingerprint density at radius 1 is 0.923 bits per heavy atom. The molecule has 0 unspecified atom stereocenters. The van der Waals surface area contributed by atoms with Gasteiger partial charge in [0.15, 0.2) is 0 Å². The maximum atomic E-state index is 3.44. The SMILES string of the molecule is CCCCCCCN[N+](C)(C)C.O. The fourth-order valence-electron chi connectivity index (χ4n) is 1.14. The zero-order valence-corrected chi connectivity index (χ0v) is 9.69. The molecule has 0 spiro atoms. The van der Waals surface area contributed by atoms with Gasteiger partial charge in [-0.2, -0.15) is 5.43 Å². The quantitative estimate of drug-likeness (QED) is 0.368. The zero-order chi connectivity index (χ0) is 9.45. The number of quaternary nitrogens is 1. The second-order valence-electron chi connectivity index (χ2n) is 4.33. The molecule has 0 bridgehead atoms. The fourth-order valence-corrected chi connectivity index (χ4v) is 1.14. The predicted octanol–water partition coefficient (Wildman–Crippen LogP) is 1.34. The van der Waals surface area contributed by atoms with E-state index in [1.807, 2.05) is 0 Å². The molecule has 0 atom stereocenters. The van der Waals surface area contributed by atoms with Gasteiger partial charge in [0.05, 0.1) is 21.1 Å². The summed E-state index contributed by atoms with van der Waals surface area (Å²) >= 11 is 0. The van der Waals surface area contributed by atoms with Crippen molar-refractivity contribution >= 4 is 0 Å². The van der Waals surface area contributed by atoms with Gasteiger partial charge >= 0.3 is 0 Å². The first-order valence-corrected chi connectivity index (χ1v) is 5.13. The molecule has 0 radical (unpaired) electrons. The van der Waals surface area contributed by atoms with Crippen LogP contribution < -0.4 is 5.43 Å². The summed E-state index contributed by atoms with van der Waals surface area (Å²) in [4.78, 5) is 0. The van der Waals surface area contributed by atoms with Crippen molar-refractivity contribution in [2.45, 2.75) is 39.0 Å². The van der Waals surface area contributed by atoms with Crippen LogP contribution in [0.4, 0.5) is 0 Å². The minimum atomic E-state index is 0. The Bertz CT molecular complexity index is 99.6. The van der Waals surface area contributed by atoms with Crippen molar-refractivity contribution in [3.05, 3.63) is 0 Å². The summed E-state index contributed by atoms with van der Waals surface area (Å²) in [7, 11) is 6.48. The molecule has 0 aromatic heterocycles. The van der Waals surface area contributed by atoms with Gasteiger partial charge in [-0.15, -0.1) is 0 Å². The molecule has 0 saturated carbocycles. The van der Waals surface area contributed by atoms with Gasteiger partial charge in [0.1, 0.15) is 0 Å². The Kier molecular flexibility index (Phi) is 10.0. The van der Waals surface area contributed by atoms with Gasteiger partial charge in [-0.3, -0.25) is 4.59 Å². The molecule has 0 fully saturated rings. The normalized spacial score (nSPS) is 11.1. The van der Waals surface area contributed by atoms with E-state index in [1.165, 1.54) is 32.1 Å². The molecule has 0 aliphatic carbocycles. The van der Waals surface area contributed by atoms with Crippen molar-refractivity contribution in [3.63, 3.8) is 0 Å². The molecule has 3 heteroatoms. The summed E-state index contributed by atoms with van der Waals surface area (Å²) in [6.45, 7) is 3.40. The monoisotopic (exact) mass is 191 g/mol. The highest BCUT2D eigenvalue weighted by Crippen LogP contribution is 2.01. The summed E-state index contributed by atoms with van der Waals surface area (Å²) in [5.41, 5.74) is 3.44. The van der Waals surface area contributed by atoms with Crippen LogP contribution in [-0.4, -0.2) is 37.8 Å². The predicted molar refractivity (Wildman–Crippen MR) is 58.4 cm³/mol. The molecule has 82 valence electrons.